The lowest BCUT2D eigenvalue weighted by Gasteiger charge is -2.25. The number of nitrogens with one attached hydrogen (secondary N) is 1. The highest BCUT2D eigenvalue weighted by Crippen LogP contribution is 2.30. The summed E-state index contributed by atoms with van der Waals surface area (Å²) in [6, 6.07) is 5.33. The fourth-order valence-corrected chi connectivity index (χ4v) is 1.46. The number of benzene rings is 1. The van der Waals surface area contributed by atoms with Gasteiger partial charge in [-0.05, 0) is 33.3 Å². The number of rotatable bonds is 4. The lowest BCUT2D eigenvalue weighted by molar-refractivity contribution is -0.384. The van der Waals surface area contributed by atoms with Gasteiger partial charge in [0.2, 0.25) is 0 Å². The lowest BCUT2D eigenvalue weighted by Crippen LogP contribution is -2.30. The minimum atomic E-state index is -0.330. The molecule has 0 radical (unpaired) electrons. The summed E-state index contributed by atoms with van der Waals surface area (Å²) in [5, 5.41) is 14.2. The summed E-state index contributed by atoms with van der Waals surface area (Å²) < 4.78 is 0. The van der Waals surface area contributed by atoms with Crippen LogP contribution in [-0.2, 0) is 0 Å². The first-order valence-electron chi connectivity index (χ1n) is 5.39. The van der Waals surface area contributed by atoms with Gasteiger partial charge in [0.25, 0.3) is 5.69 Å². The topological polar surface area (TPSA) is 55.2 Å². The number of nitro benzene ring substituents is 1. The van der Waals surface area contributed by atoms with Crippen molar-refractivity contribution < 1.29 is 4.92 Å². The van der Waals surface area contributed by atoms with E-state index < -0.39 is 0 Å². The second kappa shape index (κ2) is 4.51. The van der Waals surface area contributed by atoms with E-state index in [1.165, 1.54) is 0 Å². The van der Waals surface area contributed by atoms with Gasteiger partial charge >= 0.3 is 0 Å². The van der Waals surface area contributed by atoms with Crippen LogP contribution >= 0.6 is 0 Å². The standard InChI is InChI=1S/C12H18N2O2/c1-5-12(3,4)13-10-8-6-7-9(2)11(10)14(15)16/h6-8,13H,5H2,1-4H3. The van der Waals surface area contributed by atoms with Crippen molar-refractivity contribution in [2.24, 2.45) is 0 Å². The molecule has 0 aliphatic heterocycles. The van der Waals surface area contributed by atoms with E-state index in [-0.39, 0.29) is 16.1 Å². The number of hydrogen-bond acceptors (Lipinski definition) is 3. The van der Waals surface area contributed by atoms with E-state index >= 15 is 0 Å². The molecule has 0 heterocycles. The van der Waals surface area contributed by atoms with Crippen LogP contribution in [0.2, 0.25) is 0 Å². The van der Waals surface area contributed by atoms with Crippen LogP contribution in [0.25, 0.3) is 0 Å². The number of nitrogens with zero attached hydrogens (tertiary/aromatic N) is 1. The molecule has 1 N–H and O–H groups in total. The third kappa shape index (κ3) is 2.72. The molecule has 0 fully saturated rings. The second-order valence-electron chi connectivity index (χ2n) is 4.59. The number of aryl methyl sites for hydroxylation is 1. The fraction of sp³-hybridized carbons (Fsp3) is 0.500. The van der Waals surface area contributed by atoms with Crippen molar-refractivity contribution in [1.82, 2.24) is 0 Å². The Labute approximate surface area is 95.8 Å². The molecule has 1 aromatic rings. The van der Waals surface area contributed by atoms with Crippen LogP contribution in [0.1, 0.15) is 32.8 Å². The molecular formula is C12H18N2O2. The van der Waals surface area contributed by atoms with Gasteiger partial charge in [0.05, 0.1) is 4.92 Å². The Kier molecular flexibility index (Phi) is 3.52. The van der Waals surface area contributed by atoms with Crippen molar-refractivity contribution in [3.63, 3.8) is 0 Å². The zero-order valence-electron chi connectivity index (χ0n) is 10.2. The first-order valence-corrected chi connectivity index (χ1v) is 5.39. The van der Waals surface area contributed by atoms with Gasteiger partial charge in [-0.1, -0.05) is 19.1 Å². The maximum absolute atomic E-state index is 11.0. The molecule has 0 aliphatic rings. The van der Waals surface area contributed by atoms with Crippen LogP contribution in [0.15, 0.2) is 18.2 Å². The summed E-state index contributed by atoms with van der Waals surface area (Å²) in [5.74, 6) is 0. The molecule has 1 aromatic carbocycles. The van der Waals surface area contributed by atoms with Crippen molar-refractivity contribution >= 4 is 11.4 Å². The van der Waals surface area contributed by atoms with Crippen molar-refractivity contribution in [1.29, 1.82) is 0 Å². The van der Waals surface area contributed by atoms with Crippen LogP contribution in [0.4, 0.5) is 11.4 Å². The maximum Gasteiger partial charge on any atom is 0.295 e. The average molecular weight is 222 g/mol. The summed E-state index contributed by atoms with van der Waals surface area (Å²) >= 11 is 0. The molecule has 16 heavy (non-hydrogen) atoms. The molecule has 0 aliphatic carbocycles. The van der Waals surface area contributed by atoms with Crippen LogP contribution in [0.3, 0.4) is 0 Å². The van der Waals surface area contributed by atoms with E-state index in [2.05, 4.69) is 12.2 Å². The second-order valence-corrected chi connectivity index (χ2v) is 4.59. The molecule has 0 bridgehead atoms. The summed E-state index contributed by atoms with van der Waals surface area (Å²) in [6.45, 7) is 7.86. The van der Waals surface area contributed by atoms with E-state index in [1.54, 1.807) is 19.1 Å². The van der Waals surface area contributed by atoms with Crippen LogP contribution in [-0.4, -0.2) is 10.5 Å². The predicted molar refractivity (Wildman–Crippen MR) is 65.8 cm³/mol. The molecule has 0 spiro atoms. The Balaban J connectivity index is 3.14. The van der Waals surface area contributed by atoms with Crippen molar-refractivity contribution in [2.45, 2.75) is 39.7 Å². The third-order valence-electron chi connectivity index (χ3n) is 2.78. The third-order valence-corrected chi connectivity index (χ3v) is 2.78. The highest BCUT2D eigenvalue weighted by atomic mass is 16.6. The number of para-hydroxylation sites is 1. The molecule has 0 atom stereocenters. The first-order chi connectivity index (χ1) is 7.37. The number of anilines is 1. The van der Waals surface area contributed by atoms with Gasteiger partial charge in [0.15, 0.2) is 0 Å². The fourth-order valence-electron chi connectivity index (χ4n) is 1.46. The Hall–Kier alpha value is -1.58. The summed E-state index contributed by atoms with van der Waals surface area (Å²) in [5.41, 5.74) is 1.31. The number of hydrogen-bond donors (Lipinski definition) is 1. The zero-order chi connectivity index (χ0) is 12.3. The molecule has 0 amide bonds. The van der Waals surface area contributed by atoms with Crippen LogP contribution < -0.4 is 5.32 Å². The Morgan fingerprint density at radius 2 is 2.06 bits per heavy atom. The van der Waals surface area contributed by atoms with Crippen molar-refractivity contribution in [3.05, 3.63) is 33.9 Å². The van der Waals surface area contributed by atoms with Gasteiger partial charge in [-0.25, -0.2) is 0 Å². The minimum Gasteiger partial charge on any atom is -0.375 e. The van der Waals surface area contributed by atoms with Crippen molar-refractivity contribution in [3.8, 4) is 0 Å². The predicted octanol–water partition coefficient (Wildman–Crippen LogP) is 3.50. The van der Waals surface area contributed by atoms with E-state index in [4.69, 9.17) is 0 Å². The van der Waals surface area contributed by atoms with Crippen LogP contribution in [0, 0.1) is 17.0 Å². The van der Waals surface area contributed by atoms with Crippen molar-refractivity contribution in [2.75, 3.05) is 5.32 Å². The molecule has 0 unspecified atom stereocenters. The van der Waals surface area contributed by atoms with Crippen LogP contribution in [0.5, 0.6) is 0 Å². The summed E-state index contributed by atoms with van der Waals surface area (Å²) in [6.07, 6.45) is 0.901. The van der Waals surface area contributed by atoms with Gasteiger partial charge in [-0.2, -0.15) is 0 Å². The molecule has 0 saturated heterocycles. The lowest BCUT2D eigenvalue weighted by atomic mass is 10.0. The monoisotopic (exact) mass is 222 g/mol. The van der Waals surface area contributed by atoms with E-state index in [0.717, 1.165) is 6.42 Å². The van der Waals surface area contributed by atoms with E-state index in [0.29, 0.717) is 11.3 Å². The SMILES string of the molecule is CCC(C)(C)Nc1cccc(C)c1[N+](=O)[O-]. The highest BCUT2D eigenvalue weighted by Gasteiger charge is 2.22. The maximum atomic E-state index is 11.0. The van der Waals surface area contributed by atoms with E-state index in [9.17, 15) is 10.1 Å². The Morgan fingerprint density at radius 3 is 2.56 bits per heavy atom. The smallest absolute Gasteiger partial charge is 0.295 e. The molecule has 0 saturated carbocycles. The van der Waals surface area contributed by atoms with E-state index in [1.807, 2.05) is 19.9 Å². The average Bonchev–Trinajstić information content (AvgIpc) is 2.16. The quantitative estimate of drug-likeness (QED) is 0.626. The van der Waals surface area contributed by atoms with Gasteiger partial charge in [0, 0.05) is 11.1 Å². The zero-order valence-corrected chi connectivity index (χ0v) is 10.2. The molecule has 1 rings (SSSR count). The Morgan fingerprint density at radius 1 is 1.44 bits per heavy atom. The molecule has 0 aromatic heterocycles. The Bertz CT molecular complexity index is 400. The highest BCUT2D eigenvalue weighted by molar-refractivity contribution is 5.65. The largest absolute Gasteiger partial charge is 0.375 e. The normalized spacial score (nSPS) is 11.2. The summed E-state index contributed by atoms with van der Waals surface area (Å²) in [4.78, 5) is 10.7. The molecule has 88 valence electrons. The van der Waals surface area contributed by atoms with Gasteiger partial charge < -0.3 is 5.32 Å². The number of nitro groups is 1. The summed E-state index contributed by atoms with van der Waals surface area (Å²) in [7, 11) is 0. The molecule has 4 nitrogen and oxygen atoms in total. The minimum absolute atomic E-state index is 0.140. The van der Waals surface area contributed by atoms with Gasteiger partial charge in [-0.3, -0.25) is 10.1 Å². The molecule has 4 heteroatoms. The van der Waals surface area contributed by atoms with Gasteiger partial charge in [0.1, 0.15) is 5.69 Å². The molecular weight excluding hydrogens is 204 g/mol. The van der Waals surface area contributed by atoms with Gasteiger partial charge in [-0.15, -0.1) is 0 Å². The first kappa shape index (κ1) is 12.5.